The van der Waals surface area contributed by atoms with Crippen LogP contribution in [0.3, 0.4) is 0 Å². The molecule has 1 saturated heterocycles. The van der Waals surface area contributed by atoms with Crippen molar-refractivity contribution in [2.75, 3.05) is 13.1 Å². The predicted molar refractivity (Wildman–Crippen MR) is 142 cm³/mol. The number of ketones is 1. The molecule has 1 aliphatic heterocycles. The Bertz CT molecular complexity index is 1250. The van der Waals surface area contributed by atoms with Gasteiger partial charge in [0.05, 0.1) is 33.2 Å². The first-order valence-electron chi connectivity index (χ1n) is 10.8. The molecule has 1 fully saturated rings. The highest BCUT2D eigenvalue weighted by atomic mass is 35.5. The summed E-state index contributed by atoms with van der Waals surface area (Å²) in [4.78, 5) is 50.0. The van der Waals surface area contributed by atoms with E-state index in [9.17, 15) is 24.3 Å². The molecule has 0 spiro atoms. The van der Waals surface area contributed by atoms with Crippen LogP contribution in [0, 0.1) is 0 Å². The van der Waals surface area contributed by atoms with Crippen LogP contribution in [0.4, 0.5) is 4.79 Å². The predicted octanol–water partition coefficient (Wildman–Crippen LogP) is 5.68. The van der Waals surface area contributed by atoms with Gasteiger partial charge in [0.2, 0.25) is 0 Å². The molecule has 0 saturated carbocycles. The number of benzene rings is 2. The number of amides is 2. The minimum absolute atomic E-state index is 0.130. The molecular formula is C25H20Cl4N2O6. The van der Waals surface area contributed by atoms with E-state index in [-0.39, 0.29) is 46.5 Å². The molecule has 1 aliphatic rings. The molecule has 2 aromatic rings. The van der Waals surface area contributed by atoms with Gasteiger partial charge in [-0.05, 0) is 54.0 Å². The van der Waals surface area contributed by atoms with E-state index in [4.69, 9.17) is 51.5 Å². The molecule has 3 N–H and O–H groups in total. The first-order valence-corrected chi connectivity index (χ1v) is 12.3. The normalized spacial score (nSPS) is 16.6. The maximum atomic E-state index is 13.3. The Balaban J connectivity index is 1.96. The van der Waals surface area contributed by atoms with E-state index < -0.39 is 30.4 Å². The van der Waals surface area contributed by atoms with E-state index in [0.29, 0.717) is 21.2 Å². The summed E-state index contributed by atoms with van der Waals surface area (Å²) < 4.78 is 0. The Labute approximate surface area is 232 Å². The van der Waals surface area contributed by atoms with E-state index >= 15 is 0 Å². The van der Waals surface area contributed by atoms with Gasteiger partial charge in [-0.15, -0.1) is 0 Å². The van der Waals surface area contributed by atoms with Crippen molar-refractivity contribution in [2.45, 2.75) is 18.9 Å². The largest absolute Gasteiger partial charge is 0.481 e. The molecule has 0 aliphatic carbocycles. The van der Waals surface area contributed by atoms with Crippen LogP contribution in [-0.4, -0.2) is 58.0 Å². The summed E-state index contributed by atoms with van der Waals surface area (Å²) in [6, 6.07) is 7.39. The van der Waals surface area contributed by atoms with Crippen molar-refractivity contribution in [3.05, 3.63) is 78.8 Å². The fraction of sp³-hybridized carbons (Fsp3) is 0.200. The SMILES string of the molecule is O=C(O)CC[C@H](NC(=O)N1C/C(=C\c2ccc(Cl)c(Cl)c2)C(=O)/C(=C/c2ccc(Cl)c(Cl)c2)C1)C(=O)O. The average molecular weight is 586 g/mol. The van der Waals surface area contributed by atoms with Crippen molar-refractivity contribution >= 4 is 82.3 Å². The second-order valence-corrected chi connectivity index (χ2v) is 9.77. The number of piperidine rings is 1. The van der Waals surface area contributed by atoms with Gasteiger partial charge in [0, 0.05) is 17.6 Å². The third-order valence-electron chi connectivity index (χ3n) is 5.40. The quantitative estimate of drug-likeness (QED) is 0.359. The zero-order valence-electron chi connectivity index (χ0n) is 19.0. The van der Waals surface area contributed by atoms with Crippen molar-refractivity contribution in [1.82, 2.24) is 10.2 Å². The lowest BCUT2D eigenvalue weighted by molar-refractivity contribution is -0.140. The first-order chi connectivity index (χ1) is 17.4. The Morgan fingerprint density at radius 1 is 0.865 bits per heavy atom. The van der Waals surface area contributed by atoms with Gasteiger partial charge in [-0.25, -0.2) is 9.59 Å². The first kappa shape index (κ1) is 28.5. The van der Waals surface area contributed by atoms with Crippen LogP contribution in [0.25, 0.3) is 12.2 Å². The number of hydrogen-bond acceptors (Lipinski definition) is 4. The second-order valence-electron chi connectivity index (χ2n) is 8.14. The number of nitrogens with one attached hydrogen (secondary N) is 1. The summed E-state index contributed by atoms with van der Waals surface area (Å²) in [6.07, 6.45) is 2.37. The zero-order chi connectivity index (χ0) is 27.3. The summed E-state index contributed by atoms with van der Waals surface area (Å²) in [6.45, 7) is -0.260. The molecule has 3 rings (SSSR count). The van der Waals surface area contributed by atoms with Crippen molar-refractivity contribution < 1.29 is 29.4 Å². The smallest absolute Gasteiger partial charge is 0.326 e. The Morgan fingerprint density at radius 2 is 1.35 bits per heavy atom. The number of likely N-dealkylation sites (tertiary alicyclic amines) is 1. The maximum Gasteiger partial charge on any atom is 0.326 e. The highest BCUT2D eigenvalue weighted by Crippen LogP contribution is 2.28. The molecule has 0 unspecified atom stereocenters. The molecule has 0 bridgehead atoms. The number of urea groups is 1. The second kappa shape index (κ2) is 12.5. The fourth-order valence-electron chi connectivity index (χ4n) is 3.56. The molecule has 194 valence electrons. The summed E-state index contributed by atoms with van der Waals surface area (Å²) in [7, 11) is 0. The number of hydrogen-bond donors (Lipinski definition) is 3. The van der Waals surface area contributed by atoms with Crippen LogP contribution < -0.4 is 5.32 Å². The number of rotatable bonds is 7. The maximum absolute atomic E-state index is 13.3. The number of carbonyl (C=O) groups is 4. The molecule has 8 nitrogen and oxygen atoms in total. The number of Topliss-reactive ketones (excluding diaryl/α,β-unsaturated/α-hetero) is 1. The third-order valence-corrected chi connectivity index (χ3v) is 6.88. The Kier molecular flexibility index (Phi) is 9.62. The van der Waals surface area contributed by atoms with Crippen molar-refractivity contribution in [1.29, 1.82) is 0 Å². The lowest BCUT2D eigenvalue weighted by Gasteiger charge is -2.31. The minimum Gasteiger partial charge on any atom is -0.481 e. The van der Waals surface area contributed by atoms with E-state index in [1.165, 1.54) is 4.90 Å². The number of aliphatic carboxylic acids is 2. The van der Waals surface area contributed by atoms with Crippen LogP contribution in [0.1, 0.15) is 24.0 Å². The van der Waals surface area contributed by atoms with Crippen molar-refractivity contribution in [3.8, 4) is 0 Å². The fourth-order valence-corrected chi connectivity index (χ4v) is 4.17. The number of nitrogens with zero attached hydrogens (tertiary/aromatic N) is 1. The number of carboxylic acids is 2. The summed E-state index contributed by atoms with van der Waals surface area (Å²) in [5, 5.41) is 21.9. The number of halogens is 4. The third kappa shape index (κ3) is 7.72. The molecule has 12 heteroatoms. The zero-order valence-corrected chi connectivity index (χ0v) is 22.0. The van der Waals surface area contributed by atoms with Gasteiger partial charge in [0.15, 0.2) is 5.78 Å². The molecule has 0 aromatic heterocycles. The molecule has 37 heavy (non-hydrogen) atoms. The monoisotopic (exact) mass is 584 g/mol. The number of carbonyl (C=O) groups excluding carboxylic acids is 2. The van der Waals surface area contributed by atoms with Crippen LogP contribution >= 0.6 is 46.4 Å². The lowest BCUT2D eigenvalue weighted by Crippen LogP contribution is -2.51. The highest BCUT2D eigenvalue weighted by Gasteiger charge is 2.31. The Hall–Kier alpha value is -3.04. The van der Waals surface area contributed by atoms with Gasteiger partial charge in [-0.2, -0.15) is 0 Å². The number of carboxylic acid groups (broad SMARTS) is 2. The highest BCUT2D eigenvalue weighted by molar-refractivity contribution is 6.42. The van der Waals surface area contributed by atoms with E-state index in [1.807, 2.05) is 0 Å². The van der Waals surface area contributed by atoms with E-state index in [1.54, 1.807) is 48.6 Å². The molecular weight excluding hydrogens is 566 g/mol. The van der Waals surface area contributed by atoms with Gasteiger partial charge in [-0.1, -0.05) is 58.5 Å². The van der Waals surface area contributed by atoms with Crippen molar-refractivity contribution in [3.63, 3.8) is 0 Å². The minimum atomic E-state index is -1.42. The lowest BCUT2D eigenvalue weighted by atomic mass is 9.94. The van der Waals surface area contributed by atoms with Gasteiger partial charge in [-0.3, -0.25) is 9.59 Å². The average Bonchev–Trinajstić information content (AvgIpc) is 2.83. The standard InChI is InChI=1S/C25H20Cl4N2O6/c26-17-3-1-13(9-19(17)28)7-15-11-31(25(37)30-21(24(35)36)5-6-22(32)33)12-16(23(15)34)8-14-2-4-18(27)20(29)10-14/h1-4,7-10,21H,5-6,11-12H2,(H,30,37)(H,32,33)(H,35,36)/b15-7+,16-8+/t21-/m0/s1. The van der Waals surface area contributed by atoms with Crippen LogP contribution in [0.2, 0.25) is 20.1 Å². The van der Waals surface area contributed by atoms with Gasteiger partial charge in [0.25, 0.3) is 0 Å². The van der Waals surface area contributed by atoms with Gasteiger partial charge >= 0.3 is 18.0 Å². The molecule has 2 amide bonds. The van der Waals surface area contributed by atoms with Crippen LogP contribution in [-0.2, 0) is 14.4 Å². The molecule has 0 radical (unpaired) electrons. The van der Waals surface area contributed by atoms with Gasteiger partial charge < -0.3 is 20.4 Å². The van der Waals surface area contributed by atoms with Gasteiger partial charge in [0.1, 0.15) is 6.04 Å². The van der Waals surface area contributed by atoms with Crippen molar-refractivity contribution in [2.24, 2.45) is 0 Å². The molecule has 2 aromatic carbocycles. The molecule has 1 atom stereocenters. The Morgan fingerprint density at radius 3 is 1.76 bits per heavy atom. The summed E-state index contributed by atoms with van der Waals surface area (Å²) in [5.74, 6) is -2.90. The van der Waals surface area contributed by atoms with Crippen LogP contribution in [0.15, 0.2) is 47.5 Å². The molecule has 1 heterocycles. The van der Waals surface area contributed by atoms with E-state index in [0.717, 1.165) is 0 Å². The van der Waals surface area contributed by atoms with Crippen LogP contribution in [0.5, 0.6) is 0 Å². The summed E-state index contributed by atoms with van der Waals surface area (Å²) >= 11 is 24.2. The topological polar surface area (TPSA) is 124 Å². The van der Waals surface area contributed by atoms with E-state index in [2.05, 4.69) is 5.32 Å². The summed E-state index contributed by atoms with van der Waals surface area (Å²) in [5.41, 5.74) is 1.62.